The summed E-state index contributed by atoms with van der Waals surface area (Å²) in [5.41, 5.74) is -0.285. The molecule has 1 aliphatic carbocycles. The minimum atomic E-state index is -0.771. The lowest BCUT2D eigenvalue weighted by molar-refractivity contribution is -0.132. The molecule has 1 N–H and O–H groups in total. The van der Waals surface area contributed by atoms with Gasteiger partial charge >= 0.3 is 6.03 Å². The number of rotatable bonds is 3. The van der Waals surface area contributed by atoms with Gasteiger partial charge in [-0.25, -0.2) is 4.79 Å². The first-order valence-corrected chi connectivity index (χ1v) is 8.24. The lowest BCUT2D eigenvalue weighted by Gasteiger charge is -2.30. The Morgan fingerprint density at radius 2 is 1.95 bits per heavy atom. The third-order valence-corrected chi connectivity index (χ3v) is 4.89. The second-order valence-electron chi connectivity index (χ2n) is 5.90. The van der Waals surface area contributed by atoms with Gasteiger partial charge in [-0.2, -0.15) is 0 Å². The normalized spacial score (nSPS) is 20.3. The highest BCUT2D eigenvalue weighted by Gasteiger charge is 2.51. The van der Waals surface area contributed by atoms with Crippen LogP contribution in [0, 0.1) is 0 Å². The van der Waals surface area contributed by atoms with E-state index in [9.17, 15) is 14.4 Å². The Morgan fingerprint density at radius 1 is 1.23 bits per heavy atom. The van der Waals surface area contributed by atoms with E-state index in [2.05, 4.69) is 21.2 Å². The van der Waals surface area contributed by atoms with Crippen molar-refractivity contribution >= 4 is 33.7 Å². The van der Waals surface area contributed by atoms with Crippen molar-refractivity contribution in [3.63, 3.8) is 0 Å². The van der Waals surface area contributed by atoms with Gasteiger partial charge in [-0.3, -0.25) is 14.5 Å². The number of urea groups is 1. The molecule has 0 unspecified atom stereocenters. The van der Waals surface area contributed by atoms with Crippen LogP contribution < -0.4 is 5.32 Å². The maximum absolute atomic E-state index is 12.6. The summed E-state index contributed by atoms with van der Waals surface area (Å²) in [5, 5.41) is 2.81. The minimum absolute atomic E-state index is 0.205. The number of halogens is 1. The summed E-state index contributed by atoms with van der Waals surface area (Å²) in [6, 6.07) is 6.50. The Bertz CT molecular complexity index is 638. The van der Waals surface area contributed by atoms with Crippen LogP contribution in [0.3, 0.4) is 0 Å². The molecule has 1 saturated carbocycles. The number of nitrogens with zero attached hydrogens (tertiary/aromatic N) is 1. The van der Waals surface area contributed by atoms with E-state index in [1.807, 2.05) is 6.07 Å². The number of benzene rings is 1. The van der Waals surface area contributed by atoms with Gasteiger partial charge in [0.05, 0.1) is 6.54 Å². The lowest BCUT2D eigenvalue weighted by atomic mass is 9.82. The molecule has 22 heavy (non-hydrogen) atoms. The smallest absolute Gasteiger partial charge is 0.323 e. The zero-order valence-electron chi connectivity index (χ0n) is 12.1. The summed E-state index contributed by atoms with van der Waals surface area (Å²) >= 11 is 3.31. The summed E-state index contributed by atoms with van der Waals surface area (Å²) in [4.78, 5) is 38.1. The number of hydrogen-bond donors (Lipinski definition) is 1. The summed E-state index contributed by atoms with van der Waals surface area (Å²) in [6.45, 7) is -0.205. The second-order valence-corrected chi connectivity index (χ2v) is 6.81. The third-order valence-electron chi connectivity index (χ3n) is 4.40. The quantitative estimate of drug-likeness (QED) is 0.662. The highest BCUT2D eigenvalue weighted by atomic mass is 79.9. The van der Waals surface area contributed by atoms with Crippen LogP contribution in [0.1, 0.15) is 42.5 Å². The predicted molar refractivity (Wildman–Crippen MR) is 84.5 cm³/mol. The van der Waals surface area contributed by atoms with Crippen molar-refractivity contribution in [3.8, 4) is 0 Å². The van der Waals surface area contributed by atoms with Crippen LogP contribution in [0.2, 0.25) is 0 Å². The Kier molecular flexibility index (Phi) is 4.04. The van der Waals surface area contributed by atoms with Gasteiger partial charge in [-0.1, -0.05) is 47.3 Å². The number of Topliss-reactive ketones (excluding diaryl/α,β-unsaturated/α-hetero) is 1. The molecule has 6 heteroatoms. The zero-order valence-corrected chi connectivity index (χ0v) is 13.7. The molecule has 5 nitrogen and oxygen atoms in total. The van der Waals surface area contributed by atoms with E-state index in [0.717, 1.165) is 28.6 Å². The molecule has 0 bridgehead atoms. The molecule has 0 atom stereocenters. The fraction of sp³-hybridized carbons (Fsp3) is 0.438. The van der Waals surface area contributed by atoms with E-state index in [1.54, 1.807) is 18.2 Å². The zero-order chi connectivity index (χ0) is 15.7. The standard InChI is InChI=1S/C16H17BrN2O3/c17-12-6-4-5-11(9-12)13(20)10-19-14(21)16(18-15(19)22)7-2-1-3-8-16/h4-6,9H,1-3,7-8,10H2,(H,18,22). The van der Waals surface area contributed by atoms with E-state index in [-0.39, 0.29) is 18.2 Å². The van der Waals surface area contributed by atoms with Gasteiger partial charge in [-0.05, 0) is 25.0 Å². The van der Waals surface area contributed by atoms with Crippen LogP contribution >= 0.6 is 15.9 Å². The van der Waals surface area contributed by atoms with E-state index < -0.39 is 11.6 Å². The van der Waals surface area contributed by atoms with Crippen molar-refractivity contribution in [2.75, 3.05) is 6.54 Å². The first kappa shape index (κ1) is 15.2. The van der Waals surface area contributed by atoms with Crippen molar-refractivity contribution in [1.29, 1.82) is 0 Å². The van der Waals surface area contributed by atoms with Crippen molar-refractivity contribution in [3.05, 3.63) is 34.3 Å². The van der Waals surface area contributed by atoms with E-state index in [4.69, 9.17) is 0 Å². The van der Waals surface area contributed by atoms with Crippen molar-refractivity contribution in [2.24, 2.45) is 0 Å². The first-order chi connectivity index (χ1) is 10.5. The first-order valence-electron chi connectivity index (χ1n) is 7.45. The molecule has 1 spiro atoms. The number of carbonyl (C=O) groups is 3. The molecule has 1 saturated heterocycles. The van der Waals surface area contributed by atoms with Crippen molar-refractivity contribution in [2.45, 2.75) is 37.6 Å². The van der Waals surface area contributed by atoms with Crippen molar-refractivity contribution < 1.29 is 14.4 Å². The molecule has 1 aromatic carbocycles. The summed E-state index contributed by atoms with van der Waals surface area (Å²) in [6.07, 6.45) is 4.28. The Labute approximate surface area is 137 Å². The summed E-state index contributed by atoms with van der Waals surface area (Å²) in [7, 11) is 0. The summed E-state index contributed by atoms with van der Waals surface area (Å²) in [5.74, 6) is -0.488. The molecule has 0 aromatic heterocycles. The highest BCUT2D eigenvalue weighted by Crippen LogP contribution is 2.33. The van der Waals surface area contributed by atoms with E-state index in [0.29, 0.717) is 18.4 Å². The lowest BCUT2D eigenvalue weighted by Crippen LogP contribution is -2.48. The number of amides is 3. The molecule has 1 aromatic rings. The number of carbonyl (C=O) groups excluding carboxylic acids is 3. The molecule has 0 radical (unpaired) electrons. The average molecular weight is 365 g/mol. The maximum Gasteiger partial charge on any atom is 0.325 e. The molecule has 1 aliphatic heterocycles. The number of imide groups is 1. The average Bonchev–Trinajstić information content (AvgIpc) is 2.72. The molecular formula is C16H17BrN2O3. The van der Waals surface area contributed by atoms with Gasteiger partial charge in [0.25, 0.3) is 5.91 Å². The number of nitrogens with one attached hydrogen (secondary N) is 1. The minimum Gasteiger partial charge on any atom is -0.323 e. The Morgan fingerprint density at radius 3 is 2.64 bits per heavy atom. The number of ketones is 1. The van der Waals surface area contributed by atoms with Crippen LogP contribution in [-0.2, 0) is 4.79 Å². The third kappa shape index (κ3) is 2.67. The SMILES string of the molecule is O=C(CN1C(=O)NC2(CCCCC2)C1=O)c1cccc(Br)c1. The van der Waals surface area contributed by atoms with Gasteiger partial charge in [-0.15, -0.1) is 0 Å². The van der Waals surface area contributed by atoms with Crippen LogP contribution in [-0.4, -0.2) is 34.7 Å². The number of hydrogen-bond acceptors (Lipinski definition) is 3. The van der Waals surface area contributed by atoms with Crippen molar-refractivity contribution in [1.82, 2.24) is 10.2 Å². The fourth-order valence-electron chi connectivity index (χ4n) is 3.21. The summed E-state index contributed by atoms with van der Waals surface area (Å²) < 4.78 is 0.791. The van der Waals surface area contributed by atoms with Gasteiger partial charge in [0.2, 0.25) is 0 Å². The molecule has 2 aliphatic rings. The maximum atomic E-state index is 12.6. The monoisotopic (exact) mass is 364 g/mol. The van der Waals surface area contributed by atoms with Crippen LogP contribution in [0.4, 0.5) is 4.79 Å². The molecule has 2 fully saturated rings. The van der Waals surface area contributed by atoms with E-state index in [1.165, 1.54) is 0 Å². The fourth-order valence-corrected chi connectivity index (χ4v) is 3.61. The van der Waals surface area contributed by atoms with E-state index >= 15 is 0 Å². The second kappa shape index (κ2) is 5.83. The topological polar surface area (TPSA) is 66.5 Å². The van der Waals surface area contributed by atoms with Gasteiger partial charge in [0, 0.05) is 10.0 Å². The largest absolute Gasteiger partial charge is 0.325 e. The van der Waals surface area contributed by atoms with Gasteiger partial charge in [0.15, 0.2) is 5.78 Å². The Hall–Kier alpha value is -1.69. The molecule has 1 heterocycles. The van der Waals surface area contributed by atoms with Gasteiger partial charge in [0.1, 0.15) is 5.54 Å². The van der Waals surface area contributed by atoms with Crippen LogP contribution in [0.15, 0.2) is 28.7 Å². The van der Waals surface area contributed by atoms with Crippen LogP contribution in [0.5, 0.6) is 0 Å². The molecular weight excluding hydrogens is 348 g/mol. The Balaban J connectivity index is 1.76. The molecule has 116 valence electrons. The molecule has 3 rings (SSSR count). The van der Waals surface area contributed by atoms with Gasteiger partial charge < -0.3 is 5.32 Å². The molecule has 3 amide bonds. The highest BCUT2D eigenvalue weighted by molar-refractivity contribution is 9.10. The predicted octanol–water partition coefficient (Wildman–Crippen LogP) is 2.89. The van der Waals surface area contributed by atoms with Crippen LogP contribution in [0.25, 0.3) is 0 Å².